The number of hydrogen-bond donors (Lipinski definition) is 2. The van der Waals surface area contributed by atoms with Crippen molar-refractivity contribution in [3.8, 4) is 0 Å². The number of aromatic amines is 1. The minimum atomic E-state index is -0.376. The highest BCUT2D eigenvalue weighted by atomic mass is 32.2. The number of aromatic nitrogens is 1. The fourth-order valence-corrected chi connectivity index (χ4v) is 4.60. The van der Waals surface area contributed by atoms with E-state index in [2.05, 4.69) is 46.7 Å². The van der Waals surface area contributed by atoms with Crippen molar-refractivity contribution in [2.75, 3.05) is 12.3 Å². The molecule has 1 heterocycles. The third-order valence-corrected chi connectivity index (χ3v) is 6.20. The van der Waals surface area contributed by atoms with E-state index >= 15 is 0 Å². The molecule has 0 aliphatic heterocycles. The van der Waals surface area contributed by atoms with Crippen LogP contribution in [-0.2, 0) is 0 Å². The van der Waals surface area contributed by atoms with Crippen LogP contribution in [0.15, 0.2) is 62.6 Å². The van der Waals surface area contributed by atoms with E-state index in [0.29, 0.717) is 17.5 Å². The molecular weight excluding hydrogens is 344 g/mol. The lowest BCUT2D eigenvalue weighted by Gasteiger charge is -2.29. The Labute approximate surface area is 157 Å². The van der Waals surface area contributed by atoms with Crippen molar-refractivity contribution >= 4 is 22.9 Å². The Morgan fingerprint density at radius 1 is 1.08 bits per heavy atom. The molecule has 3 aromatic rings. The second-order valence-electron chi connectivity index (χ2n) is 6.93. The Bertz CT molecular complexity index is 895. The number of fused-ring (bicyclic) bond motifs is 1. The third kappa shape index (κ3) is 4.22. The summed E-state index contributed by atoms with van der Waals surface area (Å²) in [6, 6.07) is 17.3. The predicted molar refractivity (Wildman–Crippen MR) is 107 cm³/mol. The lowest BCUT2D eigenvalue weighted by atomic mass is 9.81. The van der Waals surface area contributed by atoms with Gasteiger partial charge in [0, 0.05) is 23.2 Å². The van der Waals surface area contributed by atoms with Gasteiger partial charge in [-0.05, 0) is 61.4 Å². The Kier molecular flexibility index (Phi) is 5.46. The van der Waals surface area contributed by atoms with Gasteiger partial charge in [-0.2, -0.15) is 0 Å². The maximum Gasteiger partial charge on any atom is 0.417 e. The molecule has 26 heavy (non-hydrogen) atoms. The van der Waals surface area contributed by atoms with Crippen LogP contribution in [0.3, 0.4) is 0 Å². The first-order chi connectivity index (χ1) is 12.8. The van der Waals surface area contributed by atoms with Crippen LogP contribution in [-0.4, -0.2) is 23.3 Å². The summed E-state index contributed by atoms with van der Waals surface area (Å²) in [5, 5.41) is 3.71. The normalized spacial score (nSPS) is 20.5. The van der Waals surface area contributed by atoms with Gasteiger partial charge in [-0.25, -0.2) is 4.79 Å². The molecule has 1 saturated carbocycles. The van der Waals surface area contributed by atoms with Gasteiger partial charge in [-0.1, -0.05) is 24.3 Å². The molecule has 1 fully saturated rings. The van der Waals surface area contributed by atoms with Gasteiger partial charge < -0.3 is 9.73 Å². The van der Waals surface area contributed by atoms with Gasteiger partial charge in [0.1, 0.15) is 0 Å². The Hall–Kier alpha value is -1.98. The highest BCUT2D eigenvalue weighted by molar-refractivity contribution is 7.99. The number of oxazole rings is 1. The summed E-state index contributed by atoms with van der Waals surface area (Å²) in [4.78, 5) is 15.3. The summed E-state index contributed by atoms with van der Waals surface area (Å²) in [6.07, 6.45) is 4.78. The summed E-state index contributed by atoms with van der Waals surface area (Å²) in [6.45, 7) is 1.05. The molecule has 0 bridgehead atoms. The van der Waals surface area contributed by atoms with Gasteiger partial charge in [-0.3, -0.25) is 4.98 Å². The zero-order valence-corrected chi connectivity index (χ0v) is 15.6. The smallest absolute Gasteiger partial charge is 0.408 e. The van der Waals surface area contributed by atoms with Gasteiger partial charge in [0.15, 0.2) is 5.58 Å². The zero-order chi connectivity index (χ0) is 17.8. The molecule has 5 heteroatoms. The van der Waals surface area contributed by atoms with Crippen LogP contribution < -0.4 is 11.1 Å². The fraction of sp³-hybridized carbons (Fsp3) is 0.381. The lowest BCUT2D eigenvalue weighted by Crippen LogP contribution is -2.34. The van der Waals surface area contributed by atoms with E-state index in [1.807, 2.05) is 23.9 Å². The Morgan fingerprint density at radius 2 is 1.88 bits per heavy atom. The largest absolute Gasteiger partial charge is 0.417 e. The van der Waals surface area contributed by atoms with Gasteiger partial charge in [0.2, 0.25) is 0 Å². The minimum absolute atomic E-state index is 0.376. The Morgan fingerprint density at radius 3 is 2.69 bits per heavy atom. The molecule has 1 aliphatic carbocycles. The van der Waals surface area contributed by atoms with E-state index in [1.54, 1.807) is 0 Å². The van der Waals surface area contributed by atoms with Crippen LogP contribution in [0.5, 0.6) is 0 Å². The maximum absolute atomic E-state index is 11.3. The van der Waals surface area contributed by atoms with Crippen LogP contribution >= 0.6 is 11.8 Å². The van der Waals surface area contributed by atoms with Crippen LogP contribution in [0.4, 0.5) is 0 Å². The number of hydrogen-bond acceptors (Lipinski definition) is 4. The molecule has 2 aromatic carbocycles. The summed E-state index contributed by atoms with van der Waals surface area (Å²) < 4.78 is 5.20. The minimum Gasteiger partial charge on any atom is -0.408 e. The summed E-state index contributed by atoms with van der Waals surface area (Å²) >= 11 is 1.91. The van der Waals surface area contributed by atoms with E-state index < -0.39 is 0 Å². The number of benzene rings is 2. The fourth-order valence-electron chi connectivity index (χ4n) is 3.80. The second-order valence-corrected chi connectivity index (χ2v) is 8.10. The Balaban J connectivity index is 1.23. The first-order valence-corrected chi connectivity index (χ1v) is 10.3. The third-order valence-electron chi connectivity index (χ3n) is 5.19. The molecule has 136 valence electrons. The van der Waals surface area contributed by atoms with Crippen LogP contribution in [0, 0.1) is 0 Å². The highest BCUT2D eigenvalue weighted by Crippen LogP contribution is 2.34. The quantitative estimate of drug-likeness (QED) is 0.496. The summed E-state index contributed by atoms with van der Waals surface area (Å²) in [5.41, 5.74) is 2.74. The molecule has 1 aliphatic rings. The molecule has 0 amide bonds. The van der Waals surface area contributed by atoms with Crippen LogP contribution in [0.1, 0.15) is 37.2 Å². The number of rotatable bonds is 6. The van der Waals surface area contributed by atoms with Crippen molar-refractivity contribution in [3.63, 3.8) is 0 Å². The molecule has 0 atom stereocenters. The van der Waals surface area contributed by atoms with E-state index in [0.717, 1.165) is 17.8 Å². The molecule has 1 aromatic heterocycles. The molecule has 0 saturated heterocycles. The molecule has 4 rings (SSSR count). The number of H-pyrrole nitrogens is 1. The number of thioether (sulfide) groups is 1. The van der Waals surface area contributed by atoms with Gasteiger partial charge >= 0.3 is 5.76 Å². The van der Waals surface area contributed by atoms with E-state index in [9.17, 15) is 4.79 Å². The SMILES string of the molecule is O=c1[nH]c2ccc([C@H]3CC[C@@H](NCCSc4ccccc4)CC3)cc2o1. The van der Waals surface area contributed by atoms with Crippen LogP contribution in [0.25, 0.3) is 11.1 Å². The van der Waals surface area contributed by atoms with Crippen molar-refractivity contribution in [3.05, 3.63) is 64.6 Å². The molecule has 4 nitrogen and oxygen atoms in total. The van der Waals surface area contributed by atoms with E-state index in [4.69, 9.17) is 4.42 Å². The number of nitrogens with one attached hydrogen (secondary N) is 2. The standard InChI is InChI=1S/C21H24N2O2S/c24-21-23-19-11-8-16(14-20(19)25-21)15-6-9-17(10-7-15)22-12-13-26-18-4-2-1-3-5-18/h1-5,8,11,14-15,17,22H,6-7,9-10,12-13H2,(H,23,24)/t15-,17+. The molecule has 0 spiro atoms. The summed E-state index contributed by atoms with van der Waals surface area (Å²) in [7, 11) is 0. The van der Waals surface area contributed by atoms with Crippen molar-refractivity contribution in [1.29, 1.82) is 0 Å². The van der Waals surface area contributed by atoms with E-state index in [1.165, 1.54) is 36.1 Å². The van der Waals surface area contributed by atoms with Crippen molar-refractivity contribution in [1.82, 2.24) is 10.3 Å². The van der Waals surface area contributed by atoms with Crippen molar-refractivity contribution < 1.29 is 4.42 Å². The molecule has 0 radical (unpaired) electrons. The summed E-state index contributed by atoms with van der Waals surface area (Å²) in [5.74, 6) is 1.29. The average Bonchev–Trinajstić information content (AvgIpc) is 3.06. The zero-order valence-electron chi connectivity index (χ0n) is 14.7. The monoisotopic (exact) mass is 368 g/mol. The lowest BCUT2D eigenvalue weighted by molar-refractivity contribution is 0.348. The highest BCUT2D eigenvalue weighted by Gasteiger charge is 2.22. The average molecular weight is 369 g/mol. The van der Waals surface area contributed by atoms with Gasteiger partial charge in [0.25, 0.3) is 0 Å². The van der Waals surface area contributed by atoms with Gasteiger partial charge in [0.05, 0.1) is 5.52 Å². The van der Waals surface area contributed by atoms with E-state index in [-0.39, 0.29) is 5.76 Å². The maximum atomic E-state index is 11.3. The molecule has 2 N–H and O–H groups in total. The van der Waals surface area contributed by atoms with Crippen LogP contribution in [0.2, 0.25) is 0 Å². The second kappa shape index (κ2) is 8.14. The first kappa shape index (κ1) is 17.4. The first-order valence-electron chi connectivity index (χ1n) is 9.32. The topological polar surface area (TPSA) is 58.0 Å². The molecule has 0 unspecified atom stereocenters. The van der Waals surface area contributed by atoms with Gasteiger partial charge in [-0.15, -0.1) is 11.8 Å². The predicted octanol–water partition coefficient (Wildman–Crippen LogP) is 4.53. The van der Waals surface area contributed by atoms with Crippen molar-refractivity contribution in [2.45, 2.75) is 42.5 Å². The van der Waals surface area contributed by atoms with Crippen molar-refractivity contribution in [2.24, 2.45) is 0 Å². The molecular formula is C21H24N2O2S.